The third-order valence-electron chi connectivity index (χ3n) is 2.32. The Kier molecular flexibility index (Phi) is 6.73. The van der Waals surface area contributed by atoms with Gasteiger partial charge in [0.05, 0.1) is 0 Å². The molecule has 0 rings (SSSR count). The number of rotatable bonds is 8. The van der Waals surface area contributed by atoms with Crippen molar-refractivity contribution < 1.29 is 4.12 Å². The highest BCUT2D eigenvalue weighted by molar-refractivity contribution is 8.49. The van der Waals surface area contributed by atoms with Crippen LogP contribution in [0.4, 0.5) is 0 Å². The maximum Gasteiger partial charge on any atom is 0.231 e. The highest BCUT2D eigenvalue weighted by Gasteiger charge is 2.37. The van der Waals surface area contributed by atoms with Crippen LogP contribution in [0.25, 0.3) is 0 Å². The molecule has 17 heavy (non-hydrogen) atoms. The molecular formula is C12H28OSSi3. The minimum absolute atomic E-state index is 1.05. The lowest BCUT2D eigenvalue weighted by Crippen LogP contribution is -2.45. The highest BCUT2D eigenvalue weighted by Crippen LogP contribution is 2.36. The third-order valence-corrected chi connectivity index (χ3v) is 23.9. The third kappa shape index (κ3) is 8.21. The van der Waals surface area contributed by atoms with Gasteiger partial charge in [0.2, 0.25) is 7.47 Å². The van der Waals surface area contributed by atoms with Gasteiger partial charge in [0.15, 0.2) is 8.32 Å². The summed E-state index contributed by atoms with van der Waals surface area (Å²) in [6.07, 6.45) is 4.07. The van der Waals surface area contributed by atoms with E-state index in [9.17, 15) is 0 Å². The van der Waals surface area contributed by atoms with Gasteiger partial charge in [-0.05, 0) is 38.3 Å². The lowest BCUT2D eigenvalue weighted by molar-refractivity contribution is 0.570. The van der Waals surface area contributed by atoms with E-state index in [1.165, 1.54) is 6.04 Å². The van der Waals surface area contributed by atoms with E-state index < -0.39 is 23.0 Å². The van der Waals surface area contributed by atoms with Crippen molar-refractivity contribution in [3.63, 3.8) is 0 Å². The van der Waals surface area contributed by atoms with Gasteiger partial charge in [-0.2, -0.15) is 10.7 Å². The summed E-state index contributed by atoms with van der Waals surface area (Å²) in [5.74, 6) is 0. The summed E-state index contributed by atoms with van der Waals surface area (Å²) in [4.78, 5) is 0. The zero-order valence-electron chi connectivity index (χ0n) is 12.3. The van der Waals surface area contributed by atoms with Gasteiger partial charge in [-0.15, -0.1) is 13.2 Å². The van der Waals surface area contributed by atoms with Crippen LogP contribution in [0, 0.1) is 0 Å². The molecule has 0 aliphatic carbocycles. The van der Waals surface area contributed by atoms with E-state index in [2.05, 4.69) is 69.2 Å². The largest absolute Gasteiger partial charge is 0.448 e. The van der Waals surface area contributed by atoms with Crippen LogP contribution in [0.1, 0.15) is 0 Å². The Hall–Kier alpha value is 0.441. The summed E-state index contributed by atoms with van der Waals surface area (Å²) in [5.41, 5.74) is 0. The van der Waals surface area contributed by atoms with Crippen LogP contribution in [0.3, 0.4) is 0 Å². The monoisotopic (exact) mass is 304 g/mol. The van der Waals surface area contributed by atoms with Crippen LogP contribution in [-0.2, 0) is 4.12 Å². The molecule has 0 radical (unpaired) electrons. The molecule has 0 aromatic heterocycles. The predicted octanol–water partition coefficient (Wildman–Crippen LogP) is 5.22. The molecule has 100 valence electrons. The fourth-order valence-electron chi connectivity index (χ4n) is 2.13. The molecule has 0 N–H and O–H groups in total. The van der Waals surface area contributed by atoms with Crippen molar-refractivity contribution in [2.24, 2.45) is 0 Å². The zero-order valence-corrected chi connectivity index (χ0v) is 16.1. The lowest BCUT2D eigenvalue weighted by Gasteiger charge is -2.37. The van der Waals surface area contributed by atoms with Crippen LogP contribution in [0.5, 0.6) is 0 Å². The molecule has 0 aromatic rings. The van der Waals surface area contributed by atoms with Gasteiger partial charge in [-0.1, -0.05) is 25.2 Å². The second kappa shape index (κ2) is 6.56. The van der Waals surface area contributed by atoms with Crippen molar-refractivity contribution in [3.05, 3.63) is 25.3 Å². The second-order valence-corrected chi connectivity index (χ2v) is 26.5. The molecule has 0 saturated heterocycles. The van der Waals surface area contributed by atoms with Crippen molar-refractivity contribution in [1.29, 1.82) is 0 Å². The summed E-state index contributed by atoms with van der Waals surface area (Å²) in [7, 11) is -2.21. The Labute approximate surface area is 114 Å². The quantitative estimate of drug-likeness (QED) is 0.449. The van der Waals surface area contributed by atoms with E-state index in [-0.39, 0.29) is 0 Å². The van der Waals surface area contributed by atoms with Crippen molar-refractivity contribution in [1.82, 2.24) is 0 Å². The zero-order chi connectivity index (χ0) is 13.7. The van der Waals surface area contributed by atoms with Gasteiger partial charge in [0.1, 0.15) is 7.22 Å². The molecule has 0 aliphatic heterocycles. The first-order valence-corrected chi connectivity index (χ1v) is 17.7. The van der Waals surface area contributed by atoms with Crippen LogP contribution in [0.2, 0.25) is 51.4 Å². The summed E-state index contributed by atoms with van der Waals surface area (Å²) in [6.45, 7) is 21.8. The fraction of sp³-hybridized carbons (Fsp3) is 0.667. The van der Waals surface area contributed by atoms with E-state index in [4.69, 9.17) is 4.12 Å². The first kappa shape index (κ1) is 17.4. The van der Waals surface area contributed by atoms with Crippen molar-refractivity contribution in [3.8, 4) is 0 Å². The van der Waals surface area contributed by atoms with E-state index in [0.717, 1.165) is 6.04 Å². The van der Waals surface area contributed by atoms with Gasteiger partial charge < -0.3 is 4.12 Å². The van der Waals surface area contributed by atoms with E-state index in [0.29, 0.717) is 0 Å². The standard InChI is InChI=1S/C12H28OSSi3/c1-9-11-15(3,4)13-17(7,8)14-16(5,6)12-10-2/h9-10H,1-2,11-12H2,3-8H3. The topological polar surface area (TPSA) is 9.23 Å². The fourth-order valence-corrected chi connectivity index (χ4v) is 31.6. The first-order chi connectivity index (χ1) is 7.54. The molecule has 0 aliphatic rings. The normalized spacial score (nSPS) is 13.5. The average molecular weight is 305 g/mol. The molecular weight excluding hydrogens is 276 g/mol. The Morgan fingerprint density at radius 3 is 1.82 bits per heavy atom. The van der Waals surface area contributed by atoms with Crippen LogP contribution in [0.15, 0.2) is 25.3 Å². The lowest BCUT2D eigenvalue weighted by atomic mass is 10.8. The minimum Gasteiger partial charge on any atom is -0.448 e. The molecule has 0 spiro atoms. The van der Waals surface area contributed by atoms with E-state index >= 15 is 0 Å². The number of hydrogen-bond donors (Lipinski definition) is 0. The summed E-state index contributed by atoms with van der Waals surface area (Å²) >= 11 is 0. The maximum absolute atomic E-state index is 6.52. The van der Waals surface area contributed by atoms with Crippen LogP contribution < -0.4 is 0 Å². The van der Waals surface area contributed by atoms with Crippen LogP contribution >= 0.6 is 10.7 Å². The van der Waals surface area contributed by atoms with E-state index in [1.54, 1.807) is 0 Å². The van der Waals surface area contributed by atoms with Crippen molar-refractivity contribution in [2.75, 3.05) is 0 Å². The van der Waals surface area contributed by atoms with Gasteiger partial charge in [0.25, 0.3) is 0 Å². The van der Waals surface area contributed by atoms with E-state index in [1.807, 2.05) is 6.08 Å². The molecule has 5 heteroatoms. The van der Waals surface area contributed by atoms with Gasteiger partial charge >= 0.3 is 0 Å². The average Bonchev–Trinajstić information content (AvgIpc) is 1.96. The Morgan fingerprint density at radius 1 is 0.941 bits per heavy atom. The predicted molar refractivity (Wildman–Crippen MR) is 91.1 cm³/mol. The van der Waals surface area contributed by atoms with Crippen molar-refractivity contribution in [2.45, 2.75) is 51.4 Å². The summed E-state index contributed by atoms with van der Waals surface area (Å²) in [6, 6.07) is 2.22. The van der Waals surface area contributed by atoms with Gasteiger partial charge in [-0.3, -0.25) is 0 Å². The maximum atomic E-state index is 6.52. The molecule has 1 nitrogen and oxygen atoms in total. The number of hydrogen-bond acceptors (Lipinski definition) is 2. The molecule has 0 unspecified atom stereocenters. The molecule has 0 bridgehead atoms. The Bertz CT molecular complexity index is 249. The second-order valence-electron chi connectivity index (χ2n) is 6.11. The van der Waals surface area contributed by atoms with Crippen molar-refractivity contribution >= 4 is 33.7 Å². The molecule has 0 aromatic carbocycles. The van der Waals surface area contributed by atoms with Crippen LogP contribution in [-0.4, -0.2) is 23.0 Å². The summed E-state index contributed by atoms with van der Waals surface area (Å²) in [5, 5.41) is 0. The molecule has 0 atom stereocenters. The summed E-state index contributed by atoms with van der Waals surface area (Å²) < 4.78 is 6.52. The SMILES string of the molecule is C=CC[Si](C)(C)O[Si](C)(C)S[Si](C)(C)CC=C. The molecule has 0 saturated carbocycles. The molecule has 0 heterocycles. The highest BCUT2D eigenvalue weighted by atomic mass is 32.5. The Morgan fingerprint density at radius 2 is 1.41 bits per heavy atom. The first-order valence-electron chi connectivity index (χ1n) is 6.16. The molecule has 0 fully saturated rings. The van der Waals surface area contributed by atoms with Gasteiger partial charge in [0, 0.05) is 0 Å². The van der Waals surface area contributed by atoms with Gasteiger partial charge in [-0.25, -0.2) is 0 Å². The minimum atomic E-state index is -1.60. The Balaban J connectivity index is 4.57. The number of allylic oxidation sites excluding steroid dienone is 2. The smallest absolute Gasteiger partial charge is 0.231 e. The molecule has 0 amide bonds.